The largest absolute Gasteiger partial charge is 0.462 e. The summed E-state index contributed by atoms with van der Waals surface area (Å²) in [4.78, 5) is 20.9. The lowest BCUT2D eigenvalue weighted by Gasteiger charge is -2.05. The molecule has 0 fully saturated rings. The fourth-order valence-corrected chi connectivity index (χ4v) is 3.39. The number of nitrogens with zero attached hydrogens (tertiary/aromatic N) is 3. The number of hydrogen-bond donors (Lipinski definition) is 1. The molecule has 6 nitrogen and oxygen atoms in total. The van der Waals surface area contributed by atoms with Crippen molar-refractivity contribution in [2.45, 2.75) is 13.0 Å². The van der Waals surface area contributed by atoms with Crippen LogP contribution in [0.5, 0.6) is 0 Å². The highest BCUT2D eigenvalue weighted by Gasteiger charge is 2.12. The number of para-hydroxylation sites is 2. The van der Waals surface area contributed by atoms with Crippen LogP contribution >= 0.6 is 11.3 Å². The second-order valence-electron chi connectivity index (χ2n) is 5.55. The molecule has 1 aromatic carbocycles. The van der Waals surface area contributed by atoms with E-state index < -0.39 is 0 Å². The predicted octanol–water partition coefficient (Wildman–Crippen LogP) is 3.57. The molecule has 126 valence electrons. The van der Waals surface area contributed by atoms with Crippen molar-refractivity contribution in [3.8, 4) is 10.8 Å². The van der Waals surface area contributed by atoms with E-state index in [4.69, 9.17) is 4.42 Å². The zero-order valence-electron chi connectivity index (χ0n) is 13.4. The van der Waals surface area contributed by atoms with Gasteiger partial charge in [0.1, 0.15) is 5.69 Å². The number of amides is 1. The van der Waals surface area contributed by atoms with Gasteiger partial charge in [0.2, 0.25) is 0 Å². The molecule has 4 rings (SSSR count). The lowest BCUT2D eigenvalue weighted by molar-refractivity contribution is 0.0948. The Morgan fingerprint density at radius 2 is 2.16 bits per heavy atom. The van der Waals surface area contributed by atoms with Crippen LogP contribution in [-0.2, 0) is 6.54 Å². The standard InChI is InChI=1S/C18H16N4O2S/c23-17(14-11-25-18(21-14)16-7-3-10-24-16)19-8-4-9-22-12-20-13-5-1-2-6-15(13)22/h1-3,5-7,10-12H,4,8-9H2,(H,19,23). The summed E-state index contributed by atoms with van der Waals surface area (Å²) in [5, 5.41) is 5.36. The summed E-state index contributed by atoms with van der Waals surface area (Å²) in [5.74, 6) is 0.514. The van der Waals surface area contributed by atoms with Gasteiger partial charge in [-0.1, -0.05) is 12.1 Å². The maximum absolute atomic E-state index is 12.2. The molecular formula is C18H16N4O2S. The molecule has 0 spiro atoms. The summed E-state index contributed by atoms with van der Waals surface area (Å²) in [5.41, 5.74) is 2.51. The number of aryl methyl sites for hydroxylation is 1. The highest BCUT2D eigenvalue weighted by atomic mass is 32.1. The van der Waals surface area contributed by atoms with Gasteiger partial charge in [-0.2, -0.15) is 0 Å². The van der Waals surface area contributed by atoms with Gasteiger partial charge in [0, 0.05) is 18.5 Å². The van der Waals surface area contributed by atoms with Crippen molar-refractivity contribution in [3.05, 3.63) is 60.1 Å². The lowest BCUT2D eigenvalue weighted by Crippen LogP contribution is -2.25. The van der Waals surface area contributed by atoms with Crippen LogP contribution in [-0.4, -0.2) is 27.0 Å². The number of nitrogens with one attached hydrogen (secondary N) is 1. The molecule has 0 aliphatic carbocycles. The maximum Gasteiger partial charge on any atom is 0.270 e. The molecule has 7 heteroatoms. The highest BCUT2D eigenvalue weighted by Crippen LogP contribution is 2.23. The van der Waals surface area contributed by atoms with Crippen molar-refractivity contribution < 1.29 is 9.21 Å². The molecule has 0 saturated heterocycles. The monoisotopic (exact) mass is 352 g/mol. The van der Waals surface area contributed by atoms with Gasteiger partial charge in [0.05, 0.1) is 23.6 Å². The fraction of sp³-hybridized carbons (Fsp3) is 0.167. The van der Waals surface area contributed by atoms with Gasteiger partial charge in [-0.15, -0.1) is 11.3 Å². The quantitative estimate of drug-likeness (QED) is 0.538. The number of hydrogen-bond acceptors (Lipinski definition) is 5. The number of benzene rings is 1. The van der Waals surface area contributed by atoms with Crippen molar-refractivity contribution in [3.63, 3.8) is 0 Å². The lowest BCUT2D eigenvalue weighted by atomic mass is 10.3. The van der Waals surface area contributed by atoms with E-state index in [-0.39, 0.29) is 5.91 Å². The van der Waals surface area contributed by atoms with E-state index in [1.165, 1.54) is 11.3 Å². The first kappa shape index (κ1) is 15.6. The van der Waals surface area contributed by atoms with Crippen molar-refractivity contribution in [2.24, 2.45) is 0 Å². The topological polar surface area (TPSA) is 73.0 Å². The van der Waals surface area contributed by atoms with Gasteiger partial charge in [-0.05, 0) is 30.7 Å². The van der Waals surface area contributed by atoms with Crippen molar-refractivity contribution in [2.75, 3.05) is 6.54 Å². The Kier molecular flexibility index (Phi) is 4.30. The van der Waals surface area contributed by atoms with E-state index in [0.717, 1.165) is 24.0 Å². The van der Waals surface area contributed by atoms with E-state index in [2.05, 4.69) is 19.9 Å². The summed E-state index contributed by atoms with van der Waals surface area (Å²) >= 11 is 1.40. The number of furan rings is 1. The molecule has 0 bridgehead atoms. The van der Waals surface area contributed by atoms with Crippen LogP contribution < -0.4 is 5.32 Å². The molecule has 3 heterocycles. The van der Waals surface area contributed by atoms with E-state index in [1.807, 2.05) is 36.7 Å². The number of carbonyl (C=O) groups excluding carboxylic acids is 1. The fourth-order valence-electron chi connectivity index (χ4n) is 2.62. The molecule has 0 aliphatic heterocycles. The number of carbonyl (C=O) groups is 1. The SMILES string of the molecule is O=C(NCCCn1cnc2ccccc21)c1csc(-c2ccco2)n1. The molecule has 25 heavy (non-hydrogen) atoms. The predicted molar refractivity (Wildman–Crippen MR) is 96.5 cm³/mol. The summed E-state index contributed by atoms with van der Waals surface area (Å²) in [7, 11) is 0. The third kappa shape index (κ3) is 3.32. The summed E-state index contributed by atoms with van der Waals surface area (Å²) in [6.45, 7) is 1.38. The van der Waals surface area contributed by atoms with Gasteiger partial charge in [0.25, 0.3) is 5.91 Å². The van der Waals surface area contributed by atoms with E-state index in [9.17, 15) is 4.79 Å². The summed E-state index contributed by atoms with van der Waals surface area (Å²) in [6, 6.07) is 11.6. The molecule has 0 unspecified atom stereocenters. The Hall–Kier alpha value is -2.93. The van der Waals surface area contributed by atoms with Crippen molar-refractivity contribution in [1.29, 1.82) is 0 Å². The zero-order valence-corrected chi connectivity index (χ0v) is 14.2. The highest BCUT2D eigenvalue weighted by molar-refractivity contribution is 7.13. The first-order valence-corrected chi connectivity index (χ1v) is 8.87. The maximum atomic E-state index is 12.2. The average molecular weight is 352 g/mol. The van der Waals surface area contributed by atoms with Gasteiger partial charge in [-0.3, -0.25) is 4.79 Å². The smallest absolute Gasteiger partial charge is 0.270 e. The third-order valence-corrected chi connectivity index (χ3v) is 4.71. The van der Waals surface area contributed by atoms with Crippen LogP contribution in [0.15, 0.2) is 58.8 Å². The van der Waals surface area contributed by atoms with Crippen LogP contribution in [0.1, 0.15) is 16.9 Å². The zero-order chi connectivity index (χ0) is 17.1. The second kappa shape index (κ2) is 6.90. The Morgan fingerprint density at radius 1 is 1.24 bits per heavy atom. The molecule has 3 aromatic heterocycles. The van der Waals surface area contributed by atoms with E-state index in [0.29, 0.717) is 23.0 Å². The van der Waals surface area contributed by atoms with Gasteiger partial charge >= 0.3 is 0 Å². The van der Waals surface area contributed by atoms with Gasteiger partial charge in [0.15, 0.2) is 10.8 Å². The average Bonchev–Trinajstić information content (AvgIpc) is 3.38. The summed E-state index contributed by atoms with van der Waals surface area (Å²) < 4.78 is 7.39. The normalized spacial score (nSPS) is 11.0. The molecule has 0 aliphatic rings. The number of imidazole rings is 1. The van der Waals surface area contributed by atoms with Crippen LogP contribution in [0.2, 0.25) is 0 Å². The minimum atomic E-state index is -0.162. The van der Waals surface area contributed by atoms with Crippen molar-refractivity contribution in [1.82, 2.24) is 19.9 Å². The first-order chi connectivity index (χ1) is 12.3. The molecule has 0 radical (unpaired) electrons. The number of fused-ring (bicyclic) bond motifs is 1. The molecule has 0 atom stereocenters. The minimum absolute atomic E-state index is 0.162. The summed E-state index contributed by atoms with van der Waals surface area (Å²) in [6.07, 6.45) is 4.25. The molecular weight excluding hydrogens is 336 g/mol. The van der Waals surface area contributed by atoms with Gasteiger partial charge < -0.3 is 14.3 Å². The van der Waals surface area contributed by atoms with Crippen LogP contribution in [0, 0.1) is 0 Å². The Bertz CT molecular complexity index is 988. The van der Waals surface area contributed by atoms with Crippen LogP contribution in [0.4, 0.5) is 0 Å². The molecule has 0 saturated carbocycles. The number of aromatic nitrogens is 3. The van der Waals surface area contributed by atoms with Crippen LogP contribution in [0.25, 0.3) is 21.8 Å². The molecule has 4 aromatic rings. The van der Waals surface area contributed by atoms with Gasteiger partial charge in [-0.25, -0.2) is 9.97 Å². The minimum Gasteiger partial charge on any atom is -0.462 e. The van der Waals surface area contributed by atoms with Crippen molar-refractivity contribution >= 4 is 28.3 Å². The Labute approximate surface area is 148 Å². The second-order valence-corrected chi connectivity index (χ2v) is 6.41. The van der Waals surface area contributed by atoms with E-state index in [1.54, 1.807) is 17.7 Å². The number of rotatable bonds is 6. The first-order valence-electron chi connectivity index (χ1n) is 7.99. The molecule has 1 amide bonds. The Morgan fingerprint density at radius 3 is 3.04 bits per heavy atom. The Balaban J connectivity index is 1.30. The van der Waals surface area contributed by atoms with Crippen LogP contribution in [0.3, 0.4) is 0 Å². The molecule has 1 N–H and O–H groups in total. The third-order valence-electron chi connectivity index (χ3n) is 3.86. The van der Waals surface area contributed by atoms with E-state index >= 15 is 0 Å². The number of thiazole rings is 1.